The van der Waals surface area contributed by atoms with E-state index < -0.39 is 0 Å². The molecule has 134 valence electrons. The van der Waals surface area contributed by atoms with Gasteiger partial charge in [-0.3, -0.25) is 14.8 Å². The highest BCUT2D eigenvalue weighted by Crippen LogP contribution is 2.21. The summed E-state index contributed by atoms with van der Waals surface area (Å²) in [6.45, 7) is 1.30. The molecule has 7 heteroatoms. The number of rotatable bonds is 7. The molecule has 1 fully saturated rings. The van der Waals surface area contributed by atoms with E-state index in [-0.39, 0.29) is 36.0 Å². The number of ether oxygens (including phenoxy) is 1. The third-order valence-corrected chi connectivity index (χ3v) is 3.84. The summed E-state index contributed by atoms with van der Waals surface area (Å²) in [5, 5.41) is 6.38. The van der Waals surface area contributed by atoms with Crippen molar-refractivity contribution >= 4 is 35.9 Å². The van der Waals surface area contributed by atoms with Gasteiger partial charge in [-0.2, -0.15) is 0 Å². The monoisotopic (exact) mass is 446 g/mol. The van der Waals surface area contributed by atoms with Crippen molar-refractivity contribution in [1.29, 1.82) is 0 Å². The van der Waals surface area contributed by atoms with Gasteiger partial charge in [0.15, 0.2) is 5.96 Å². The molecule has 0 aromatic carbocycles. The zero-order chi connectivity index (χ0) is 16.3. The zero-order valence-electron chi connectivity index (χ0n) is 14.2. The lowest BCUT2D eigenvalue weighted by Gasteiger charge is -2.13. The second-order valence-electron chi connectivity index (χ2n) is 5.67. The van der Waals surface area contributed by atoms with Gasteiger partial charge in [0, 0.05) is 26.2 Å². The minimum Gasteiger partial charge on any atom is -0.462 e. The summed E-state index contributed by atoms with van der Waals surface area (Å²) in [4.78, 5) is 20.1. The van der Waals surface area contributed by atoms with Gasteiger partial charge in [0.2, 0.25) is 0 Å². The molecule has 0 radical (unpaired) electrons. The fourth-order valence-corrected chi connectivity index (χ4v) is 2.59. The molecule has 1 aromatic rings. The molecule has 2 rings (SSSR count). The number of halogens is 1. The van der Waals surface area contributed by atoms with Gasteiger partial charge in [0.05, 0.1) is 12.2 Å². The topological polar surface area (TPSA) is 75.6 Å². The second kappa shape index (κ2) is 12.0. The SMILES string of the molecule is CN=C(NCCCC(=O)OC1CCCC1)NCc1ccccn1.I. The normalized spacial score (nSPS) is 14.8. The van der Waals surface area contributed by atoms with E-state index in [0.29, 0.717) is 25.5 Å². The molecule has 1 heterocycles. The number of esters is 1. The van der Waals surface area contributed by atoms with E-state index in [1.807, 2.05) is 18.2 Å². The van der Waals surface area contributed by atoms with Crippen LogP contribution in [0.5, 0.6) is 0 Å². The van der Waals surface area contributed by atoms with Gasteiger partial charge in [0.25, 0.3) is 0 Å². The maximum Gasteiger partial charge on any atom is 0.306 e. The van der Waals surface area contributed by atoms with Crippen molar-refractivity contribution in [1.82, 2.24) is 15.6 Å². The van der Waals surface area contributed by atoms with Gasteiger partial charge in [-0.05, 0) is 44.2 Å². The Morgan fingerprint density at radius 1 is 1.33 bits per heavy atom. The van der Waals surface area contributed by atoms with Crippen LogP contribution in [0.2, 0.25) is 0 Å². The van der Waals surface area contributed by atoms with Crippen LogP contribution >= 0.6 is 24.0 Å². The van der Waals surface area contributed by atoms with E-state index in [9.17, 15) is 4.79 Å². The summed E-state index contributed by atoms with van der Waals surface area (Å²) in [7, 11) is 1.72. The van der Waals surface area contributed by atoms with Crippen LogP contribution in [-0.4, -0.2) is 36.6 Å². The van der Waals surface area contributed by atoms with Crippen LogP contribution < -0.4 is 10.6 Å². The van der Waals surface area contributed by atoms with Gasteiger partial charge in [-0.1, -0.05) is 6.07 Å². The zero-order valence-corrected chi connectivity index (χ0v) is 16.5. The quantitative estimate of drug-likeness (QED) is 0.222. The van der Waals surface area contributed by atoms with Gasteiger partial charge in [0.1, 0.15) is 6.10 Å². The summed E-state index contributed by atoms with van der Waals surface area (Å²) in [6.07, 6.45) is 7.50. The summed E-state index contributed by atoms with van der Waals surface area (Å²) in [5.74, 6) is 0.620. The fourth-order valence-electron chi connectivity index (χ4n) is 2.59. The predicted molar refractivity (Wildman–Crippen MR) is 105 cm³/mol. The molecule has 0 saturated heterocycles. The first-order chi connectivity index (χ1) is 11.3. The molecule has 24 heavy (non-hydrogen) atoms. The summed E-state index contributed by atoms with van der Waals surface area (Å²) >= 11 is 0. The lowest BCUT2D eigenvalue weighted by Crippen LogP contribution is -2.37. The van der Waals surface area contributed by atoms with Gasteiger partial charge >= 0.3 is 5.97 Å². The summed E-state index contributed by atoms with van der Waals surface area (Å²) in [6, 6.07) is 5.80. The number of nitrogens with one attached hydrogen (secondary N) is 2. The molecule has 1 aliphatic carbocycles. The summed E-state index contributed by atoms with van der Waals surface area (Å²) in [5.41, 5.74) is 0.954. The van der Waals surface area contributed by atoms with Crippen molar-refractivity contribution in [3.05, 3.63) is 30.1 Å². The molecule has 0 unspecified atom stereocenters. The van der Waals surface area contributed by atoms with E-state index in [1.165, 1.54) is 12.8 Å². The van der Waals surface area contributed by atoms with Crippen LogP contribution in [0.25, 0.3) is 0 Å². The highest BCUT2D eigenvalue weighted by atomic mass is 127. The Morgan fingerprint density at radius 3 is 2.79 bits per heavy atom. The van der Waals surface area contributed by atoms with E-state index in [0.717, 1.165) is 25.0 Å². The molecule has 0 spiro atoms. The van der Waals surface area contributed by atoms with Gasteiger partial charge in [-0.15, -0.1) is 24.0 Å². The first kappa shape index (κ1) is 20.7. The minimum absolute atomic E-state index is 0. The molecule has 1 saturated carbocycles. The average molecular weight is 446 g/mol. The molecular weight excluding hydrogens is 419 g/mol. The highest BCUT2D eigenvalue weighted by Gasteiger charge is 2.18. The lowest BCUT2D eigenvalue weighted by molar-refractivity contribution is -0.148. The van der Waals surface area contributed by atoms with Crippen LogP contribution in [0.4, 0.5) is 0 Å². The first-order valence-corrected chi connectivity index (χ1v) is 8.32. The predicted octanol–water partition coefficient (Wildman–Crippen LogP) is 2.63. The Kier molecular flexibility index (Phi) is 10.4. The largest absolute Gasteiger partial charge is 0.462 e. The van der Waals surface area contributed by atoms with Crippen LogP contribution in [0.3, 0.4) is 0 Å². The van der Waals surface area contributed by atoms with Crippen molar-refractivity contribution in [2.75, 3.05) is 13.6 Å². The Morgan fingerprint density at radius 2 is 2.12 bits per heavy atom. The van der Waals surface area contributed by atoms with Crippen molar-refractivity contribution in [2.24, 2.45) is 4.99 Å². The lowest BCUT2D eigenvalue weighted by atomic mass is 10.3. The maximum absolute atomic E-state index is 11.7. The number of aromatic nitrogens is 1. The Hall–Kier alpha value is -1.38. The number of hydrogen-bond donors (Lipinski definition) is 2. The Balaban J connectivity index is 0.00000288. The van der Waals surface area contributed by atoms with Gasteiger partial charge < -0.3 is 15.4 Å². The minimum atomic E-state index is -0.0878. The van der Waals surface area contributed by atoms with Gasteiger partial charge in [-0.25, -0.2) is 0 Å². The standard InChI is InChI=1S/C17H26N4O2.HI/c1-18-17(21-13-14-7-4-5-11-19-14)20-12-6-10-16(22)23-15-8-2-3-9-15;/h4-5,7,11,15H,2-3,6,8-10,12-13H2,1H3,(H2,18,20,21);1H. The molecule has 0 aliphatic heterocycles. The van der Waals surface area contributed by atoms with Crippen molar-refractivity contribution in [3.8, 4) is 0 Å². The van der Waals surface area contributed by atoms with E-state index in [1.54, 1.807) is 13.2 Å². The number of pyridine rings is 1. The van der Waals surface area contributed by atoms with Crippen LogP contribution in [0, 0.1) is 0 Å². The molecule has 0 bridgehead atoms. The van der Waals surface area contributed by atoms with E-state index in [2.05, 4.69) is 20.6 Å². The second-order valence-corrected chi connectivity index (χ2v) is 5.67. The fraction of sp³-hybridized carbons (Fsp3) is 0.588. The van der Waals surface area contributed by atoms with Crippen LogP contribution in [0.15, 0.2) is 29.4 Å². The smallest absolute Gasteiger partial charge is 0.306 e. The molecule has 2 N–H and O–H groups in total. The number of nitrogens with zero attached hydrogens (tertiary/aromatic N) is 2. The van der Waals surface area contributed by atoms with Crippen molar-refractivity contribution in [3.63, 3.8) is 0 Å². The molecule has 0 atom stereocenters. The maximum atomic E-state index is 11.7. The number of guanidine groups is 1. The Bertz CT molecular complexity index is 505. The van der Waals surface area contributed by atoms with Crippen LogP contribution in [-0.2, 0) is 16.1 Å². The number of carbonyl (C=O) groups is 1. The highest BCUT2D eigenvalue weighted by molar-refractivity contribution is 14.0. The third-order valence-electron chi connectivity index (χ3n) is 3.84. The van der Waals surface area contributed by atoms with E-state index in [4.69, 9.17) is 4.74 Å². The number of aliphatic imine (C=N–C) groups is 1. The van der Waals surface area contributed by atoms with Crippen molar-refractivity contribution in [2.45, 2.75) is 51.2 Å². The Labute approximate surface area is 160 Å². The first-order valence-electron chi connectivity index (χ1n) is 8.32. The average Bonchev–Trinajstić information content (AvgIpc) is 3.08. The third kappa shape index (κ3) is 7.94. The van der Waals surface area contributed by atoms with Crippen LogP contribution in [0.1, 0.15) is 44.2 Å². The van der Waals surface area contributed by atoms with Crippen molar-refractivity contribution < 1.29 is 9.53 Å². The molecule has 1 aliphatic rings. The number of carbonyl (C=O) groups excluding carboxylic acids is 1. The van der Waals surface area contributed by atoms with E-state index >= 15 is 0 Å². The summed E-state index contributed by atoms with van der Waals surface area (Å²) < 4.78 is 5.43. The number of hydrogen-bond acceptors (Lipinski definition) is 4. The molecule has 6 nitrogen and oxygen atoms in total. The molecular formula is C17H27IN4O2. The molecule has 1 aromatic heterocycles. The molecule has 0 amide bonds.